The summed E-state index contributed by atoms with van der Waals surface area (Å²) in [5.41, 5.74) is 2.50. The number of benzene rings is 2. The summed E-state index contributed by atoms with van der Waals surface area (Å²) in [4.78, 5) is 27.7. The fraction of sp³-hybridized carbons (Fsp3) is 0.333. The van der Waals surface area contributed by atoms with E-state index in [1.54, 1.807) is 16.7 Å². The Hall–Kier alpha value is -3.45. The minimum absolute atomic E-state index is 0.214. The largest absolute Gasteiger partial charge is 0.492 e. The maximum absolute atomic E-state index is 14.1. The van der Waals surface area contributed by atoms with Crippen LogP contribution in [0, 0.1) is 5.82 Å². The summed E-state index contributed by atoms with van der Waals surface area (Å²) in [7, 11) is 1.32. The molecule has 1 aliphatic heterocycles. The van der Waals surface area contributed by atoms with Crippen LogP contribution in [0.3, 0.4) is 0 Å². The summed E-state index contributed by atoms with van der Waals surface area (Å²) >= 11 is 0. The van der Waals surface area contributed by atoms with Crippen LogP contribution in [-0.4, -0.2) is 42.2 Å². The van der Waals surface area contributed by atoms with E-state index in [0.717, 1.165) is 12.8 Å². The van der Waals surface area contributed by atoms with Gasteiger partial charge in [0, 0.05) is 49.9 Å². The van der Waals surface area contributed by atoms with Crippen LogP contribution in [0.15, 0.2) is 65.5 Å². The second kappa shape index (κ2) is 11.1. The Morgan fingerprint density at radius 3 is 2.56 bits per heavy atom. The molecule has 6 nitrogen and oxygen atoms in total. The van der Waals surface area contributed by atoms with E-state index in [-0.39, 0.29) is 17.1 Å². The van der Waals surface area contributed by atoms with Crippen LogP contribution in [0.1, 0.15) is 33.6 Å². The SMILES string of the molecule is COC(=O)c1c(OCCCc2ccccc2)cc(=O)n2c1CCN(Cc1ccccc1F)CC2. The van der Waals surface area contributed by atoms with Crippen LogP contribution >= 0.6 is 0 Å². The number of carbonyl (C=O) groups excluding carboxylic acids is 1. The van der Waals surface area contributed by atoms with Crippen molar-refractivity contribution in [1.82, 2.24) is 9.47 Å². The third-order valence-electron chi connectivity index (χ3n) is 6.14. The monoisotopic (exact) mass is 464 g/mol. The molecule has 0 fully saturated rings. The summed E-state index contributed by atoms with van der Waals surface area (Å²) in [5, 5.41) is 0. The van der Waals surface area contributed by atoms with Crippen molar-refractivity contribution in [2.75, 3.05) is 26.8 Å². The molecule has 1 aromatic heterocycles. The Bertz CT molecular complexity index is 1190. The molecule has 0 unspecified atom stereocenters. The molecule has 7 heteroatoms. The number of ether oxygens (including phenoxy) is 2. The second-order valence-electron chi connectivity index (χ2n) is 8.37. The quantitative estimate of drug-likeness (QED) is 0.375. The van der Waals surface area contributed by atoms with Crippen LogP contribution < -0.4 is 10.3 Å². The smallest absolute Gasteiger partial charge is 0.343 e. The predicted molar refractivity (Wildman–Crippen MR) is 128 cm³/mol. The summed E-state index contributed by atoms with van der Waals surface area (Å²) in [6, 6.07) is 18.2. The third kappa shape index (κ3) is 5.54. The van der Waals surface area contributed by atoms with E-state index in [1.165, 1.54) is 24.8 Å². The Balaban J connectivity index is 1.51. The molecule has 0 bridgehead atoms. The lowest BCUT2D eigenvalue weighted by Crippen LogP contribution is -2.29. The molecular formula is C27H29FN2O4. The van der Waals surface area contributed by atoms with E-state index < -0.39 is 5.97 Å². The Morgan fingerprint density at radius 1 is 1.03 bits per heavy atom. The third-order valence-corrected chi connectivity index (χ3v) is 6.14. The molecule has 34 heavy (non-hydrogen) atoms. The molecule has 178 valence electrons. The zero-order valence-electron chi connectivity index (χ0n) is 19.3. The number of methoxy groups -OCH3 is 1. The van der Waals surface area contributed by atoms with Gasteiger partial charge in [0.15, 0.2) is 0 Å². The number of aryl methyl sites for hydroxylation is 1. The first-order chi connectivity index (χ1) is 16.6. The fourth-order valence-corrected chi connectivity index (χ4v) is 4.36. The van der Waals surface area contributed by atoms with Gasteiger partial charge in [-0.3, -0.25) is 9.69 Å². The van der Waals surface area contributed by atoms with Gasteiger partial charge in [0.05, 0.1) is 13.7 Å². The first-order valence-electron chi connectivity index (χ1n) is 11.5. The molecule has 4 rings (SSSR count). The van der Waals surface area contributed by atoms with Gasteiger partial charge in [-0.25, -0.2) is 9.18 Å². The van der Waals surface area contributed by atoms with Gasteiger partial charge in [-0.15, -0.1) is 0 Å². The molecule has 0 radical (unpaired) electrons. The molecule has 0 saturated heterocycles. The second-order valence-corrected chi connectivity index (χ2v) is 8.37. The van der Waals surface area contributed by atoms with Gasteiger partial charge in [0.25, 0.3) is 5.56 Å². The molecule has 0 saturated carbocycles. The van der Waals surface area contributed by atoms with Crippen molar-refractivity contribution in [3.05, 3.63) is 99.2 Å². The summed E-state index contributed by atoms with van der Waals surface area (Å²) in [6.07, 6.45) is 2.04. The van der Waals surface area contributed by atoms with Crippen molar-refractivity contribution < 1.29 is 18.7 Å². The molecule has 3 aromatic rings. The van der Waals surface area contributed by atoms with Crippen molar-refractivity contribution in [3.63, 3.8) is 0 Å². The lowest BCUT2D eigenvalue weighted by molar-refractivity contribution is 0.0593. The number of esters is 1. The average molecular weight is 465 g/mol. The lowest BCUT2D eigenvalue weighted by atomic mass is 10.1. The number of aromatic nitrogens is 1. The normalized spacial score (nSPS) is 13.7. The van der Waals surface area contributed by atoms with E-state index in [0.29, 0.717) is 56.0 Å². The van der Waals surface area contributed by atoms with Gasteiger partial charge in [0.1, 0.15) is 17.1 Å². The average Bonchev–Trinajstić information content (AvgIpc) is 3.07. The van der Waals surface area contributed by atoms with Crippen LogP contribution in [0.2, 0.25) is 0 Å². The van der Waals surface area contributed by atoms with E-state index in [1.807, 2.05) is 24.3 Å². The zero-order valence-corrected chi connectivity index (χ0v) is 19.3. The molecule has 2 heterocycles. The van der Waals surface area contributed by atoms with Gasteiger partial charge >= 0.3 is 5.97 Å². The maximum atomic E-state index is 14.1. The van der Waals surface area contributed by atoms with Gasteiger partial charge < -0.3 is 14.0 Å². The number of fused-ring (bicyclic) bond motifs is 1. The highest BCUT2D eigenvalue weighted by Crippen LogP contribution is 2.25. The summed E-state index contributed by atoms with van der Waals surface area (Å²) in [5.74, 6) is -0.508. The minimum Gasteiger partial charge on any atom is -0.492 e. The zero-order chi connectivity index (χ0) is 23.9. The van der Waals surface area contributed by atoms with Gasteiger partial charge in [-0.05, 0) is 24.5 Å². The van der Waals surface area contributed by atoms with Crippen molar-refractivity contribution in [1.29, 1.82) is 0 Å². The highest BCUT2D eigenvalue weighted by Gasteiger charge is 2.26. The summed E-state index contributed by atoms with van der Waals surface area (Å²) in [6.45, 7) is 2.36. The first-order valence-corrected chi connectivity index (χ1v) is 11.5. The highest BCUT2D eigenvalue weighted by molar-refractivity contribution is 5.93. The molecule has 0 spiro atoms. The van der Waals surface area contributed by atoms with Gasteiger partial charge in [0.2, 0.25) is 0 Å². The lowest BCUT2D eigenvalue weighted by Gasteiger charge is -2.19. The van der Waals surface area contributed by atoms with Crippen molar-refractivity contribution in [3.8, 4) is 5.75 Å². The van der Waals surface area contributed by atoms with E-state index in [9.17, 15) is 14.0 Å². The highest BCUT2D eigenvalue weighted by atomic mass is 19.1. The Kier molecular flexibility index (Phi) is 7.75. The first kappa shape index (κ1) is 23.7. The summed E-state index contributed by atoms with van der Waals surface area (Å²) < 4.78 is 26.7. The maximum Gasteiger partial charge on any atom is 0.343 e. The number of hydrogen-bond donors (Lipinski definition) is 0. The number of nitrogens with zero attached hydrogens (tertiary/aromatic N) is 2. The molecule has 1 aliphatic rings. The molecule has 0 aliphatic carbocycles. The number of pyridine rings is 1. The van der Waals surface area contributed by atoms with Gasteiger partial charge in [-0.1, -0.05) is 48.5 Å². The number of hydrogen-bond acceptors (Lipinski definition) is 5. The molecule has 2 aromatic carbocycles. The van der Waals surface area contributed by atoms with Crippen molar-refractivity contribution in [2.45, 2.75) is 32.4 Å². The predicted octanol–water partition coefficient (Wildman–Crippen LogP) is 3.84. The molecule has 0 amide bonds. The Labute approximate surface area is 198 Å². The standard InChI is InChI=1S/C27H29FN2O4/c1-33-27(32)26-23-13-14-29(19-21-11-5-6-12-22(21)28)15-16-30(23)25(31)18-24(26)34-17-7-10-20-8-3-2-4-9-20/h2-6,8-9,11-12,18H,7,10,13-17,19H2,1H3. The van der Waals surface area contributed by atoms with Crippen LogP contribution in [0.4, 0.5) is 4.39 Å². The number of carbonyl (C=O) groups is 1. The van der Waals surface area contributed by atoms with Crippen molar-refractivity contribution >= 4 is 5.97 Å². The molecular weight excluding hydrogens is 435 g/mol. The van der Waals surface area contributed by atoms with Gasteiger partial charge in [-0.2, -0.15) is 0 Å². The number of rotatable bonds is 8. The topological polar surface area (TPSA) is 60.8 Å². The van der Waals surface area contributed by atoms with Crippen LogP contribution in [0.25, 0.3) is 0 Å². The Morgan fingerprint density at radius 2 is 1.79 bits per heavy atom. The van der Waals surface area contributed by atoms with Crippen LogP contribution in [0.5, 0.6) is 5.75 Å². The minimum atomic E-state index is -0.524. The fourth-order valence-electron chi connectivity index (χ4n) is 4.36. The van der Waals surface area contributed by atoms with Crippen LogP contribution in [-0.2, 0) is 30.7 Å². The van der Waals surface area contributed by atoms with E-state index in [2.05, 4.69) is 17.0 Å². The molecule has 0 N–H and O–H groups in total. The van der Waals surface area contributed by atoms with Crippen molar-refractivity contribution in [2.24, 2.45) is 0 Å². The number of halogens is 1. The van der Waals surface area contributed by atoms with E-state index in [4.69, 9.17) is 9.47 Å². The van der Waals surface area contributed by atoms with E-state index >= 15 is 0 Å². The molecule has 0 atom stereocenters.